The molecule has 19 heavy (non-hydrogen) atoms. The van der Waals surface area contributed by atoms with E-state index in [-0.39, 0.29) is 5.04 Å². The van der Waals surface area contributed by atoms with Crippen LogP contribution in [0.5, 0.6) is 0 Å². The molecule has 0 aliphatic rings. The van der Waals surface area contributed by atoms with E-state index >= 15 is 0 Å². The molecule has 0 radical (unpaired) electrons. The first kappa shape index (κ1) is 15.7. The van der Waals surface area contributed by atoms with Crippen LogP contribution in [-0.4, -0.2) is 14.0 Å². The van der Waals surface area contributed by atoms with Gasteiger partial charge < -0.3 is 9.84 Å². The SMILES string of the molecule is C/C(=C/C(=N)c1ccccc1)O[Si](C)(C)C(C)(C)C. The predicted octanol–water partition coefficient (Wildman–Crippen LogP) is 4.98. The first-order valence-electron chi connectivity index (χ1n) is 6.65. The monoisotopic (exact) mass is 275 g/mol. The molecule has 2 nitrogen and oxygen atoms in total. The summed E-state index contributed by atoms with van der Waals surface area (Å²) in [5.74, 6) is 0.834. The molecule has 0 aliphatic heterocycles. The Morgan fingerprint density at radius 1 is 1.16 bits per heavy atom. The van der Waals surface area contributed by atoms with E-state index in [4.69, 9.17) is 9.84 Å². The van der Waals surface area contributed by atoms with E-state index in [2.05, 4.69) is 33.9 Å². The maximum Gasteiger partial charge on any atom is 0.250 e. The summed E-state index contributed by atoms with van der Waals surface area (Å²) in [7, 11) is -1.80. The molecule has 0 aliphatic carbocycles. The summed E-state index contributed by atoms with van der Waals surface area (Å²) in [6, 6.07) is 9.74. The van der Waals surface area contributed by atoms with Gasteiger partial charge in [-0.25, -0.2) is 0 Å². The van der Waals surface area contributed by atoms with E-state index in [1.807, 2.05) is 43.3 Å². The quantitative estimate of drug-likeness (QED) is 0.469. The molecule has 1 N–H and O–H groups in total. The van der Waals surface area contributed by atoms with Crippen LogP contribution in [0.2, 0.25) is 18.1 Å². The second kappa shape index (κ2) is 5.74. The highest BCUT2D eigenvalue weighted by atomic mass is 28.4. The fourth-order valence-electron chi connectivity index (χ4n) is 1.49. The molecule has 0 heterocycles. The van der Waals surface area contributed by atoms with Gasteiger partial charge in [-0.15, -0.1) is 0 Å². The first-order chi connectivity index (χ1) is 8.63. The van der Waals surface area contributed by atoms with Crippen LogP contribution in [-0.2, 0) is 4.43 Å². The van der Waals surface area contributed by atoms with Gasteiger partial charge in [-0.3, -0.25) is 0 Å². The summed E-state index contributed by atoms with van der Waals surface area (Å²) in [6.07, 6.45) is 1.82. The zero-order chi connectivity index (χ0) is 14.7. The fourth-order valence-corrected chi connectivity index (χ4v) is 2.66. The molecule has 0 unspecified atom stereocenters. The van der Waals surface area contributed by atoms with Crippen molar-refractivity contribution in [1.82, 2.24) is 0 Å². The summed E-state index contributed by atoms with van der Waals surface area (Å²) in [5, 5.41) is 8.26. The Hall–Kier alpha value is -1.35. The summed E-state index contributed by atoms with van der Waals surface area (Å²) < 4.78 is 6.15. The van der Waals surface area contributed by atoms with Gasteiger partial charge in [0.2, 0.25) is 8.32 Å². The molecule has 1 rings (SSSR count). The number of rotatable bonds is 4. The van der Waals surface area contributed by atoms with Gasteiger partial charge in [0.15, 0.2) is 0 Å². The lowest BCUT2D eigenvalue weighted by atomic mass is 10.1. The molecule has 0 saturated carbocycles. The number of benzene rings is 1. The van der Waals surface area contributed by atoms with E-state index in [1.54, 1.807) is 0 Å². The number of hydrogen-bond acceptors (Lipinski definition) is 2. The molecular formula is C16H25NOSi. The largest absolute Gasteiger partial charge is 0.547 e. The lowest BCUT2D eigenvalue weighted by molar-refractivity contribution is 0.387. The topological polar surface area (TPSA) is 33.1 Å². The summed E-state index contributed by atoms with van der Waals surface area (Å²) in [4.78, 5) is 0. The fraction of sp³-hybridized carbons (Fsp3) is 0.438. The van der Waals surface area contributed by atoms with Crippen LogP contribution in [0.3, 0.4) is 0 Å². The molecule has 0 atom stereocenters. The maximum absolute atomic E-state index is 8.08. The van der Waals surface area contributed by atoms with Crippen LogP contribution in [0.1, 0.15) is 33.3 Å². The van der Waals surface area contributed by atoms with Crippen LogP contribution < -0.4 is 0 Å². The average molecular weight is 275 g/mol. The van der Waals surface area contributed by atoms with Crippen molar-refractivity contribution in [2.75, 3.05) is 0 Å². The molecule has 1 aromatic carbocycles. The summed E-state index contributed by atoms with van der Waals surface area (Å²) >= 11 is 0. The Kier molecular flexibility index (Phi) is 4.74. The van der Waals surface area contributed by atoms with Gasteiger partial charge in [0, 0.05) is 0 Å². The normalized spacial score (nSPS) is 13.3. The molecule has 0 spiro atoms. The number of hydrogen-bond donors (Lipinski definition) is 1. The Bertz CT molecular complexity index is 469. The molecule has 0 aromatic heterocycles. The molecule has 104 valence electrons. The maximum atomic E-state index is 8.08. The molecule has 0 saturated heterocycles. The van der Waals surface area contributed by atoms with E-state index < -0.39 is 8.32 Å². The van der Waals surface area contributed by atoms with Crippen molar-refractivity contribution < 1.29 is 4.43 Å². The Morgan fingerprint density at radius 2 is 1.68 bits per heavy atom. The van der Waals surface area contributed by atoms with Gasteiger partial charge in [-0.05, 0) is 36.7 Å². The summed E-state index contributed by atoms with van der Waals surface area (Å²) in [6.45, 7) is 13.0. The van der Waals surface area contributed by atoms with Crippen molar-refractivity contribution in [1.29, 1.82) is 5.41 Å². The van der Waals surface area contributed by atoms with Crippen LogP contribution in [0, 0.1) is 5.41 Å². The molecule has 1 aromatic rings. The zero-order valence-corrected chi connectivity index (χ0v) is 13.9. The molecule has 0 bridgehead atoms. The van der Waals surface area contributed by atoms with Gasteiger partial charge in [0.1, 0.15) is 0 Å². The molecule has 3 heteroatoms. The van der Waals surface area contributed by atoms with Crippen molar-refractivity contribution in [3.8, 4) is 0 Å². The minimum atomic E-state index is -1.80. The van der Waals surface area contributed by atoms with E-state index in [0.29, 0.717) is 5.71 Å². The third-order valence-electron chi connectivity index (χ3n) is 3.65. The third-order valence-corrected chi connectivity index (χ3v) is 8.10. The number of nitrogens with one attached hydrogen (secondary N) is 1. The second-order valence-corrected chi connectivity index (χ2v) is 11.1. The summed E-state index contributed by atoms with van der Waals surface area (Å²) in [5.41, 5.74) is 1.41. The van der Waals surface area contributed by atoms with Crippen molar-refractivity contribution in [2.45, 2.75) is 45.8 Å². The Labute approximate surface area is 118 Å². The Morgan fingerprint density at radius 3 is 2.16 bits per heavy atom. The van der Waals surface area contributed by atoms with Crippen LogP contribution in [0.15, 0.2) is 42.2 Å². The smallest absolute Gasteiger partial charge is 0.250 e. The number of allylic oxidation sites excluding steroid dienone is 2. The van der Waals surface area contributed by atoms with Gasteiger partial charge in [-0.2, -0.15) is 0 Å². The highest BCUT2D eigenvalue weighted by Crippen LogP contribution is 2.37. The van der Waals surface area contributed by atoms with Gasteiger partial charge in [-0.1, -0.05) is 51.1 Å². The highest BCUT2D eigenvalue weighted by Gasteiger charge is 2.38. The standard InChI is InChI=1S/C16H25NOSi/c1-13(18-19(5,6)16(2,3)4)12-15(17)14-10-8-7-9-11-14/h7-12,17H,1-6H3/b13-12-,17-15?. The molecule has 0 fully saturated rings. The third kappa shape index (κ3) is 4.35. The van der Waals surface area contributed by atoms with Gasteiger partial charge in [0.05, 0.1) is 11.5 Å². The minimum Gasteiger partial charge on any atom is -0.547 e. The average Bonchev–Trinajstić information content (AvgIpc) is 2.27. The van der Waals surface area contributed by atoms with E-state index in [9.17, 15) is 0 Å². The van der Waals surface area contributed by atoms with Crippen molar-refractivity contribution in [3.63, 3.8) is 0 Å². The van der Waals surface area contributed by atoms with Crippen LogP contribution in [0.4, 0.5) is 0 Å². The van der Waals surface area contributed by atoms with Crippen molar-refractivity contribution in [2.24, 2.45) is 0 Å². The Balaban J connectivity index is 2.82. The van der Waals surface area contributed by atoms with E-state index in [1.165, 1.54) is 0 Å². The van der Waals surface area contributed by atoms with Gasteiger partial charge in [0.25, 0.3) is 0 Å². The van der Waals surface area contributed by atoms with Crippen molar-refractivity contribution >= 4 is 14.0 Å². The van der Waals surface area contributed by atoms with E-state index in [0.717, 1.165) is 11.3 Å². The lowest BCUT2D eigenvalue weighted by Gasteiger charge is -2.36. The van der Waals surface area contributed by atoms with Gasteiger partial charge >= 0.3 is 0 Å². The van der Waals surface area contributed by atoms with Crippen LogP contribution >= 0.6 is 0 Å². The van der Waals surface area contributed by atoms with Crippen LogP contribution in [0.25, 0.3) is 0 Å². The highest BCUT2D eigenvalue weighted by molar-refractivity contribution is 6.74. The predicted molar refractivity (Wildman–Crippen MR) is 85.3 cm³/mol. The van der Waals surface area contributed by atoms with Crippen molar-refractivity contribution in [3.05, 3.63) is 47.7 Å². The minimum absolute atomic E-state index is 0.178. The molecular weight excluding hydrogens is 250 g/mol. The second-order valence-electron chi connectivity index (χ2n) is 6.40. The zero-order valence-electron chi connectivity index (χ0n) is 12.9. The molecule has 0 amide bonds. The first-order valence-corrected chi connectivity index (χ1v) is 9.55. The lowest BCUT2D eigenvalue weighted by Crippen LogP contribution is -2.40.